The maximum Gasteiger partial charge on any atom is 0.327 e. The van der Waals surface area contributed by atoms with Gasteiger partial charge in [-0.1, -0.05) is 60.7 Å². The number of amides is 3. The molecule has 0 aromatic heterocycles. The minimum atomic E-state index is -1.21. The number of hydrogen-bond donors (Lipinski definition) is 3. The SMILES string of the molecule is NN=Cc1cccc(NC(=O)N2c3ccccc3CN(CCc3ccccc3)C(=O)C2CC(=O)O)c1. The van der Waals surface area contributed by atoms with E-state index >= 15 is 0 Å². The van der Waals surface area contributed by atoms with Gasteiger partial charge in [0.25, 0.3) is 0 Å². The van der Waals surface area contributed by atoms with E-state index in [2.05, 4.69) is 10.4 Å². The van der Waals surface area contributed by atoms with Crippen molar-refractivity contribution in [1.82, 2.24) is 4.90 Å². The topological polar surface area (TPSA) is 128 Å². The summed E-state index contributed by atoms with van der Waals surface area (Å²) in [6, 6.07) is 22.0. The normalized spacial score (nSPS) is 15.4. The molecule has 3 aromatic carbocycles. The van der Waals surface area contributed by atoms with Gasteiger partial charge in [0.2, 0.25) is 5.91 Å². The first-order chi connectivity index (χ1) is 17.5. The van der Waals surface area contributed by atoms with Crippen LogP contribution in [-0.2, 0) is 22.6 Å². The number of para-hydroxylation sites is 1. The summed E-state index contributed by atoms with van der Waals surface area (Å²) in [5.74, 6) is 3.65. The third kappa shape index (κ3) is 5.69. The molecule has 9 heteroatoms. The number of urea groups is 1. The van der Waals surface area contributed by atoms with E-state index in [0.717, 1.165) is 11.1 Å². The number of benzene rings is 3. The Morgan fingerprint density at radius 1 is 1.06 bits per heavy atom. The third-order valence-corrected chi connectivity index (χ3v) is 5.98. The van der Waals surface area contributed by atoms with Crippen LogP contribution < -0.4 is 16.1 Å². The molecule has 4 N–H and O–H groups in total. The monoisotopic (exact) mass is 485 g/mol. The molecule has 0 fully saturated rings. The summed E-state index contributed by atoms with van der Waals surface area (Å²) in [6.07, 6.45) is 1.52. The van der Waals surface area contributed by atoms with Gasteiger partial charge >= 0.3 is 12.0 Å². The maximum absolute atomic E-state index is 13.7. The molecule has 3 amide bonds. The zero-order valence-corrected chi connectivity index (χ0v) is 19.6. The molecule has 1 aliphatic rings. The van der Waals surface area contributed by atoms with Crippen molar-refractivity contribution in [3.63, 3.8) is 0 Å². The Labute approximate surface area is 208 Å². The molecular formula is C27H27N5O4. The first kappa shape index (κ1) is 24.5. The second kappa shape index (κ2) is 11.2. The Kier molecular flexibility index (Phi) is 7.60. The first-order valence-electron chi connectivity index (χ1n) is 11.5. The molecule has 1 heterocycles. The highest BCUT2D eigenvalue weighted by Gasteiger charge is 2.39. The Morgan fingerprint density at radius 2 is 1.81 bits per heavy atom. The van der Waals surface area contributed by atoms with E-state index in [0.29, 0.717) is 29.9 Å². The Hall–Kier alpha value is -4.66. The minimum Gasteiger partial charge on any atom is -0.481 e. The molecular weight excluding hydrogens is 458 g/mol. The molecule has 0 bridgehead atoms. The molecule has 4 rings (SSSR count). The summed E-state index contributed by atoms with van der Waals surface area (Å²) in [7, 11) is 0. The van der Waals surface area contributed by atoms with Gasteiger partial charge in [0.05, 0.1) is 18.3 Å². The smallest absolute Gasteiger partial charge is 0.327 e. The van der Waals surface area contributed by atoms with Crippen molar-refractivity contribution < 1.29 is 19.5 Å². The molecule has 1 atom stereocenters. The summed E-state index contributed by atoms with van der Waals surface area (Å²) in [4.78, 5) is 42.0. The first-order valence-corrected chi connectivity index (χ1v) is 11.5. The standard InChI is InChI=1S/C27H27N5O4/c28-29-17-20-9-6-11-22(15-20)30-27(36)32-23-12-5-4-10-21(23)18-31(26(35)24(32)16-25(33)34)14-13-19-7-2-1-3-8-19/h1-12,15,17,24H,13-14,16,18,28H2,(H,30,36)(H,33,34). The number of carboxylic acid groups (broad SMARTS) is 1. The van der Waals surface area contributed by atoms with Gasteiger partial charge in [-0.25, -0.2) is 4.79 Å². The number of fused-ring (bicyclic) bond motifs is 1. The summed E-state index contributed by atoms with van der Waals surface area (Å²) < 4.78 is 0. The Bertz CT molecular complexity index is 1280. The molecule has 3 aromatic rings. The average molecular weight is 486 g/mol. The number of rotatable bonds is 7. The highest BCUT2D eigenvalue weighted by molar-refractivity contribution is 6.08. The fourth-order valence-corrected chi connectivity index (χ4v) is 4.31. The lowest BCUT2D eigenvalue weighted by Gasteiger charge is -2.30. The van der Waals surface area contributed by atoms with Crippen molar-refractivity contribution in [2.45, 2.75) is 25.4 Å². The van der Waals surface area contributed by atoms with Crippen LogP contribution in [0.4, 0.5) is 16.2 Å². The maximum atomic E-state index is 13.7. The Balaban J connectivity index is 1.67. The number of hydrogen-bond acceptors (Lipinski definition) is 5. The number of carbonyl (C=O) groups is 3. The molecule has 0 saturated heterocycles. The lowest BCUT2D eigenvalue weighted by atomic mass is 10.1. The summed E-state index contributed by atoms with van der Waals surface area (Å²) in [6.45, 7) is 0.660. The second-order valence-electron chi connectivity index (χ2n) is 8.44. The molecule has 9 nitrogen and oxygen atoms in total. The largest absolute Gasteiger partial charge is 0.481 e. The highest BCUT2D eigenvalue weighted by atomic mass is 16.4. The molecule has 36 heavy (non-hydrogen) atoms. The van der Waals surface area contributed by atoms with Crippen molar-refractivity contribution in [3.8, 4) is 0 Å². The van der Waals surface area contributed by atoms with Crippen LogP contribution in [0.15, 0.2) is 84.0 Å². The predicted octanol–water partition coefficient (Wildman–Crippen LogP) is 3.45. The van der Waals surface area contributed by atoms with Crippen LogP contribution in [0.25, 0.3) is 0 Å². The number of nitrogens with zero attached hydrogens (tertiary/aromatic N) is 3. The number of anilines is 2. The van der Waals surface area contributed by atoms with Gasteiger partial charge in [-0.05, 0) is 41.3 Å². The van der Waals surface area contributed by atoms with Crippen LogP contribution in [0, 0.1) is 0 Å². The number of hydrazone groups is 1. The van der Waals surface area contributed by atoms with Gasteiger partial charge in [0, 0.05) is 18.8 Å². The number of carbonyl (C=O) groups excluding carboxylic acids is 2. The van der Waals surface area contributed by atoms with Gasteiger partial charge in [-0.3, -0.25) is 14.5 Å². The second-order valence-corrected chi connectivity index (χ2v) is 8.44. The van der Waals surface area contributed by atoms with Gasteiger partial charge in [-0.2, -0.15) is 5.10 Å². The molecule has 0 saturated carbocycles. The zero-order valence-electron chi connectivity index (χ0n) is 19.6. The van der Waals surface area contributed by atoms with Crippen molar-refractivity contribution in [2.24, 2.45) is 10.9 Å². The third-order valence-electron chi connectivity index (χ3n) is 5.98. The van der Waals surface area contributed by atoms with E-state index in [1.54, 1.807) is 41.3 Å². The number of nitrogens with two attached hydrogens (primary N) is 1. The van der Waals surface area contributed by atoms with E-state index in [4.69, 9.17) is 5.84 Å². The van der Waals surface area contributed by atoms with Crippen LogP contribution in [0.3, 0.4) is 0 Å². The number of aliphatic carboxylic acids is 1. The van der Waals surface area contributed by atoms with E-state index in [1.807, 2.05) is 42.5 Å². The van der Waals surface area contributed by atoms with E-state index < -0.39 is 30.4 Å². The Morgan fingerprint density at radius 3 is 2.56 bits per heavy atom. The lowest BCUT2D eigenvalue weighted by Crippen LogP contribution is -2.51. The van der Waals surface area contributed by atoms with Crippen LogP contribution in [0.1, 0.15) is 23.1 Å². The lowest BCUT2D eigenvalue weighted by molar-refractivity contribution is -0.142. The molecule has 0 spiro atoms. The fraction of sp³-hybridized carbons (Fsp3) is 0.185. The molecule has 184 valence electrons. The fourth-order valence-electron chi connectivity index (χ4n) is 4.31. The zero-order chi connectivity index (χ0) is 25.5. The summed E-state index contributed by atoms with van der Waals surface area (Å²) >= 11 is 0. The minimum absolute atomic E-state index is 0.268. The van der Waals surface area contributed by atoms with Gasteiger partial charge in [-0.15, -0.1) is 0 Å². The predicted molar refractivity (Wildman–Crippen MR) is 138 cm³/mol. The summed E-state index contributed by atoms with van der Waals surface area (Å²) in [5.41, 5.74) is 3.45. The van der Waals surface area contributed by atoms with Crippen LogP contribution in [0.2, 0.25) is 0 Å². The molecule has 0 aliphatic carbocycles. The average Bonchev–Trinajstić information content (AvgIpc) is 2.98. The quantitative estimate of drug-likeness (QED) is 0.268. The van der Waals surface area contributed by atoms with E-state index in [1.165, 1.54) is 11.1 Å². The van der Waals surface area contributed by atoms with Crippen molar-refractivity contribution in [3.05, 3.63) is 95.6 Å². The van der Waals surface area contributed by atoms with Crippen molar-refractivity contribution >= 4 is 35.5 Å². The van der Waals surface area contributed by atoms with Crippen LogP contribution >= 0.6 is 0 Å². The van der Waals surface area contributed by atoms with Gasteiger partial charge in [0.1, 0.15) is 6.04 Å². The van der Waals surface area contributed by atoms with Gasteiger partial charge < -0.3 is 21.2 Å². The van der Waals surface area contributed by atoms with E-state index in [9.17, 15) is 19.5 Å². The van der Waals surface area contributed by atoms with Crippen molar-refractivity contribution in [2.75, 3.05) is 16.8 Å². The van der Waals surface area contributed by atoms with Crippen molar-refractivity contribution in [1.29, 1.82) is 0 Å². The number of carboxylic acids is 1. The molecule has 1 aliphatic heterocycles. The van der Waals surface area contributed by atoms with Crippen LogP contribution in [0.5, 0.6) is 0 Å². The van der Waals surface area contributed by atoms with Crippen LogP contribution in [-0.4, -0.2) is 46.7 Å². The highest BCUT2D eigenvalue weighted by Crippen LogP contribution is 2.31. The summed E-state index contributed by atoms with van der Waals surface area (Å²) in [5, 5.41) is 15.9. The molecule has 1 unspecified atom stereocenters. The van der Waals surface area contributed by atoms with Gasteiger partial charge in [0.15, 0.2) is 0 Å². The molecule has 0 radical (unpaired) electrons. The number of nitrogens with one attached hydrogen (secondary N) is 1. The van der Waals surface area contributed by atoms with E-state index in [-0.39, 0.29) is 6.54 Å².